The minimum atomic E-state index is -0.186. The van der Waals surface area contributed by atoms with E-state index in [1.807, 2.05) is 0 Å². The maximum absolute atomic E-state index is 11.6. The van der Waals surface area contributed by atoms with Gasteiger partial charge in [0.1, 0.15) is 5.60 Å². The molecule has 4 aliphatic carbocycles. The van der Waals surface area contributed by atoms with E-state index in [9.17, 15) is 4.79 Å². The van der Waals surface area contributed by atoms with Gasteiger partial charge in [0.15, 0.2) is 0 Å². The summed E-state index contributed by atoms with van der Waals surface area (Å²) in [7, 11) is 0. The van der Waals surface area contributed by atoms with Crippen molar-refractivity contribution in [3.05, 3.63) is 0 Å². The van der Waals surface area contributed by atoms with Crippen molar-refractivity contribution < 1.29 is 9.53 Å². The largest absolute Gasteiger partial charge is 0.459 e. The lowest BCUT2D eigenvalue weighted by Crippen LogP contribution is -2.59. The number of carbonyl (C=O) groups is 1. The van der Waals surface area contributed by atoms with E-state index in [0.717, 1.165) is 30.6 Å². The molecule has 0 N–H and O–H groups in total. The zero-order valence-electron chi connectivity index (χ0n) is 12.7. The van der Waals surface area contributed by atoms with Gasteiger partial charge in [0.05, 0.1) is 0 Å². The summed E-state index contributed by atoms with van der Waals surface area (Å²) < 4.78 is 5.98. The van der Waals surface area contributed by atoms with Crippen LogP contribution in [0.4, 0.5) is 0 Å². The van der Waals surface area contributed by atoms with E-state index in [2.05, 4.69) is 13.8 Å². The van der Waals surface area contributed by atoms with E-state index in [-0.39, 0.29) is 11.6 Å². The third kappa shape index (κ3) is 1.94. The summed E-state index contributed by atoms with van der Waals surface area (Å²) >= 11 is 0. The molecule has 0 amide bonds. The van der Waals surface area contributed by atoms with E-state index in [1.54, 1.807) is 6.92 Å². The third-order valence-electron chi connectivity index (χ3n) is 6.49. The lowest BCUT2D eigenvalue weighted by Gasteiger charge is -2.63. The summed E-state index contributed by atoms with van der Waals surface area (Å²) in [4.78, 5) is 11.6. The van der Waals surface area contributed by atoms with Gasteiger partial charge in [-0.2, -0.15) is 0 Å². The van der Waals surface area contributed by atoms with E-state index in [0.29, 0.717) is 5.41 Å². The molecule has 2 nitrogen and oxygen atoms in total. The fourth-order valence-electron chi connectivity index (χ4n) is 6.20. The van der Waals surface area contributed by atoms with Crippen molar-refractivity contribution in [2.75, 3.05) is 0 Å². The van der Waals surface area contributed by atoms with Crippen LogP contribution in [0.15, 0.2) is 0 Å². The van der Waals surface area contributed by atoms with Crippen LogP contribution in [-0.2, 0) is 9.53 Å². The standard InChI is InChI=1S/C17H28O2/c1-4-17(5-2,19-12(3)18)16-9-13-6-14(10-16)8-15(7-13)11-16/h13-15H,4-11H2,1-3H3. The molecule has 0 spiro atoms. The number of hydrogen-bond donors (Lipinski definition) is 0. The van der Waals surface area contributed by atoms with Gasteiger partial charge < -0.3 is 4.74 Å². The second-order valence-corrected chi connectivity index (χ2v) is 7.49. The first-order valence-electron chi connectivity index (χ1n) is 8.22. The Hall–Kier alpha value is -0.530. The van der Waals surface area contributed by atoms with E-state index in [4.69, 9.17) is 4.74 Å². The molecule has 0 aliphatic heterocycles. The molecule has 4 fully saturated rings. The van der Waals surface area contributed by atoms with Gasteiger partial charge in [-0.1, -0.05) is 13.8 Å². The Labute approximate surface area is 117 Å². The number of carbonyl (C=O) groups excluding carboxylic acids is 1. The van der Waals surface area contributed by atoms with Gasteiger partial charge in [0, 0.05) is 12.3 Å². The van der Waals surface area contributed by atoms with E-state index >= 15 is 0 Å². The fourth-order valence-corrected chi connectivity index (χ4v) is 6.20. The second kappa shape index (κ2) is 4.49. The average Bonchev–Trinajstić information content (AvgIpc) is 2.33. The molecule has 0 aromatic rings. The molecule has 4 aliphatic rings. The molecular formula is C17H28O2. The molecule has 2 heteroatoms. The zero-order chi connectivity index (χ0) is 13.7. The first-order chi connectivity index (χ1) is 9.02. The second-order valence-electron chi connectivity index (χ2n) is 7.49. The Morgan fingerprint density at radius 3 is 1.79 bits per heavy atom. The van der Waals surface area contributed by atoms with Gasteiger partial charge in [-0.3, -0.25) is 4.79 Å². The summed E-state index contributed by atoms with van der Waals surface area (Å²) in [6.45, 7) is 6.01. The van der Waals surface area contributed by atoms with Gasteiger partial charge in [0.2, 0.25) is 0 Å². The number of hydrogen-bond acceptors (Lipinski definition) is 2. The Kier molecular flexibility index (Phi) is 3.18. The summed E-state index contributed by atoms with van der Waals surface area (Å²) in [5, 5.41) is 0. The van der Waals surface area contributed by atoms with Crippen LogP contribution >= 0.6 is 0 Å². The Balaban J connectivity index is 1.95. The van der Waals surface area contributed by atoms with Crippen molar-refractivity contribution in [3.8, 4) is 0 Å². The van der Waals surface area contributed by atoms with Gasteiger partial charge >= 0.3 is 5.97 Å². The smallest absolute Gasteiger partial charge is 0.303 e. The first kappa shape index (κ1) is 13.5. The molecule has 0 aromatic carbocycles. The number of esters is 1. The minimum Gasteiger partial charge on any atom is -0.459 e. The van der Waals surface area contributed by atoms with Crippen molar-refractivity contribution in [1.82, 2.24) is 0 Å². The number of rotatable bonds is 4. The predicted molar refractivity (Wildman–Crippen MR) is 75.7 cm³/mol. The third-order valence-corrected chi connectivity index (χ3v) is 6.49. The van der Waals surface area contributed by atoms with Gasteiger partial charge in [-0.05, 0) is 69.1 Å². The van der Waals surface area contributed by atoms with Gasteiger partial charge in [0.25, 0.3) is 0 Å². The van der Waals surface area contributed by atoms with Crippen LogP contribution in [0.1, 0.15) is 72.1 Å². The molecule has 108 valence electrons. The van der Waals surface area contributed by atoms with Crippen molar-refractivity contribution in [1.29, 1.82) is 0 Å². The monoisotopic (exact) mass is 264 g/mol. The lowest BCUT2D eigenvalue weighted by atomic mass is 9.44. The molecule has 0 radical (unpaired) electrons. The van der Waals surface area contributed by atoms with Crippen LogP contribution in [0.3, 0.4) is 0 Å². The van der Waals surface area contributed by atoms with E-state index in [1.165, 1.54) is 38.5 Å². The maximum atomic E-state index is 11.6. The highest BCUT2D eigenvalue weighted by Gasteiger charge is 2.60. The molecule has 4 bridgehead atoms. The Morgan fingerprint density at radius 1 is 1.05 bits per heavy atom. The van der Waals surface area contributed by atoms with Crippen molar-refractivity contribution in [2.24, 2.45) is 23.2 Å². The lowest BCUT2D eigenvalue weighted by molar-refractivity contribution is -0.210. The molecule has 0 unspecified atom stereocenters. The highest BCUT2D eigenvalue weighted by molar-refractivity contribution is 5.66. The van der Waals surface area contributed by atoms with Crippen molar-refractivity contribution >= 4 is 5.97 Å². The van der Waals surface area contributed by atoms with Crippen LogP contribution < -0.4 is 0 Å². The summed E-state index contributed by atoms with van der Waals surface area (Å²) in [6.07, 6.45) is 10.2. The van der Waals surface area contributed by atoms with Gasteiger partial charge in [-0.15, -0.1) is 0 Å². The first-order valence-corrected chi connectivity index (χ1v) is 8.22. The number of ether oxygens (including phenoxy) is 1. The Morgan fingerprint density at radius 2 is 1.47 bits per heavy atom. The molecule has 4 rings (SSSR count). The highest BCUT2D eigenvalue weighted by Crippen LogP contribution is 2.65. The maximum Gasteiger partial charge on any atom is 0.303 e. The van der Waals surface area contributed by atoms with Crippen LogP contribution in [0.5, 0.6) is 0 Å². The van der Waals surface area contributed by atoms with Crippen LogP contribution in [-0.4, -0.2) is 11.6 Å². The molecule has 19 heavy (non-hydrogen) atoms. The summed E-state index contributed by atoms with van der Waals surface area (Å²) in [5.41, 5.74) is 0.117. The Bertz CT molecular complexity index is 332. The quantitative estimate of drug-likeness (QED) is 0.707. The van der Waals surface area contributed by atoms with Crippen molar-refractivity contribution in [2.45, 2.75) is 77.7 Å². The molecular weight excluding hydrogens is 236 g/mol. The SMILES string of the molecule is CCC(CC)(OC(C)=O)C12CC3CC(CC(C3)C1)C2. The van der Waals surface area contributed by atoms with Crippen molar-refractivity contribution in [3.63, 3.8) is 0 Å². The normalized spacial score (nSPS) is 40.5. The summed E-state index contributed by atoms with van der Waals surface area (Å²) in [5.74, 6) is 2.66. The summed E-state index contributed by atoms with van der Waals surface area (Å²) in [6, 6.07) is 0. The molecule has 0 heterocycles. The van der Waals surface area contributed by atoms with Crippen LogP contribution in [0, 0.1) is 23.2 Å². The molecule has 0 saturated heterocycles. The van der Waals surface area contributed by atoms with Gasteiger partial charge in [-0.25, -0.2) is 0 Å². The minimum absolute atomic E-state index is 0.0838. The molecule has 0 aromatic heterocycles. The fraction of sp³-hybridized carbons (Fsp3) is 0.941. The van der Waals surface area contributed by atoms with Crippen LogP contribution in [0.2, 0.25) is 0 Å². The predicted octanol–water partition coefficient (Wildman–Crippen LogP) is 4.32. The average molecular weight is 264 g/mol. The highest BCUT2D eigenvalue weighted by atomic mass is 16.6. The van der Waals surface area contributed by atoms with E-state index < -0.39 is 0 Å². The molecule has 4 saturated carbocycles. The zero-order valence-corrected chi connectivity index (χ0v) is 12.7. The topological polar surface area (TPSA) is 26.3 Å². The molecule has 0 atom stereocenters. The van der Waals surface area contributed by atoms with Crippen LogP contribution in [0.25, 0.3) is 0 Å².